The first-order valence-electron chi connectivity index (χ1n) is 8.67. The SMILES string of the molecule is COc1cccc(CC(=O)NC2CC3CC2C2CCCC32)c1. The minimum absolute atomic E-state index is 0.167. The lowest BCUT2D eigenvalue weighted by Gasteiger charge is -2.32. The van der Waals surface area contributed by atoms with Crippen LogP contribution in [0, 0.1) is 23.7 Å². The van der Waals surface area contributed by atoms with Crippen molar-refractivity contribution in [3.8, 4) is 5.75 Å². The van der Waals surface area contributed by atoms with Crippen molar-refractivity contribution in [1.82, 2.24) is 5.32 Å². The van der Waals surface area contributed by atoms with E-state index in [1.807, 2.05) is 24.3 Å². The molecule has 0 aromatic heterocycles. The number of ether oxygens (including phenoxy) is 1. The first kappa shape index (κ1) is 14.1. The molecule has 3 saturated carbocycles. The zero-order valence-electron chi connectivity index (χ0n) is 13.3. The topological polar surface area (TPSA) is 38.3 Å². The van der Waals surface area contributed by atoms with Gasteiger partial charge in [0.05, 0.1) is 13.5 Å². The second-order valence-corrected chi connectivity index (χ2v) is 7.36. The van der Waals surface area contributed by atoms with Gasteiger partial charge in [0.15, 0.2) is 0 Å². The number of fused-ring (bicyclic) bond motifs is 5. The van der Waals surface area contributed by atoms with Gasteiger partial charge in [-0.1, -0.05) is 18.6 Å². The summed E-state index contributed by atoms with van der Waals surface area (Å²) in [6, 6.07) is 8.24. The average Bonchev–Trinajstić information content (AvgIpc) is 3.19. The first-order chi connectivity index (χ1) is 10.7. The minimum Gasteiger partial charge on any atom is -0.497 e. The van der Waals surface area contributed by atoms with Gasteiger partial charge in [-0.15, -0.1) is 0 Å². The summed E-state index contributed by atoms with van der Waals surface area (Å²) in [6.07, 6.45) is 7.28. The molecule has 3 fully saturated rings. The number of carbonyl (C=O) groups is 1. The molecule has 0 heterocycles. The summed E-state index contributed by atoms with van der Waals surface area (Å²) < 4.78 is 5.23. The molecular weight excluding hydrogens is 274 g/mol. The van der Waals surface area contributed by atoms with Crippen LogP contribution in [-0.2, 0) is 11.2 Å². The molecule has 0 saturated heterocycles. The maximum Gasteiger partial charge on any atom is 0.224 e. The van der Waals surface area contributed by atoms with Gasteiger partial charge in [-0.2, -0.15) is 0 Å². The highest BCUT2D eigenvalue weighted by Crippen LogP contribution is 2.58. The quantitative estimate of drug-likeness (QED) is 0.927. The monoisotopic (exact) mass is 299 g/mol. The maximum absolute atomic E-state index is 12.4. The molecule has 4 rings (SSSR count). The van der Waals surface area contributed by atoms with Crippen LogP contribution in [-0.4, -0.2) is 19.1 Å². The summed E-state index contributed by atoms with van der Waals surface area (Å²) in [5.74, 6) is 4.52. The van der Waals surface area contributed by atoms with Crippen LogP contribution in [0.2, 0.25) is 0 Å². The van der Waals surface area contributed by atoms with Crippen LogP contribution >= 0.6 is 0 Å². The first-order valence-corrected chi connectivity index (χ1v) is 8.67. The molecule has 1 amide bonds. The van der Waals surface area contributed by atoms with Crippen LogP contribution in [0.15, 0.2) is 24.3 Å². The molecule has 3 aliphatic rings. The fraction of sp³-hybridized carbons (Fsp3) is 0.632. The molecule has 0 radical (unpaired) electrons. The zero-order valence-corrected chi connectivity index (χ0v) is 13.3. The Labute approximate surface area is 132 Å². The number of hydrogen-bond donors (Lipinski definition) is 1. The molecule has 22 heavy (non-hydrogen) atoms. The highest BCUT2D eigenvalue weighted by atomic mass is 16.5. The molecule has 118 valence electrons. The Morgan fingerprint density at radius 3 is 2.95 bits per heavy atom. The van der Waals surface area contributed by atoms with E-state index in [0.717, 1.165) is 35.0 Å². The fourth-order valence-corrected chi connectivity index (χ4v) is 5.46. The Hall–Kier alpha value is -1.51. The standard InChI is InChI=1S/C19H25NO2/c1-22-14-5-2-4-12(8-14)9-19(21)20-18-11-13-10-17(18)16-7-3-6-15(13)16/h2,4-5,8,13,15-18H,3,6-7,9-11H2,1H3,(H,20,21). The van der Waals surface area contributed by atoms with Gasteiger partial charge in [0.1, 0.15) is 5.75 Å². The van der Waals surface area contributed by atoms with E-state index in [1.54, 1.807) is 7.11 Å². The van der Waals surface area contributed by atoms with Crippen molar-refractivity contribution < 1.29 is 9.53 Å². The second kappa shape index (κ2) is 5.60. The molecular formula is C19H25NO2. The van der Waals surface area contributed by atoms with Gasteiger partial charge in [0.25, 0.3) is 0 Å². The lowest BCUT2D eigenvalue weighted by molar-refractivity contribution is -0.121. The molecule has 0 aliphatic heterocycles. The summed E-state index contributed by atoms with van der Waals surface area (Å²) in [5, 5.41) is 3.33. The normalized spacial score (nSPS) is 35.4. The number of benzene rings is 1. The number of amides is 1. The summed E-state index contributed by atoms with van der Waals surface area (Å²) in [5.41, 5.74) is 1.03. The third-order valence-corrected chi connectivity index (χ3v) is 6.27. The third kappa shape index (κ3) is 2.41. The second-order valence-electron chi connectivity index (χ2n) is 7.36. The number of nitrogens with one attached hydrogen (secondary N) is 1. The average molecular weight is 299 g/mol. The lowest BCUT2D eigenvalue weighted by Crippen LogP contribution is -2.43. The van der Waals surface area contributed by atoms with Gasteiger partial charge in [-0.05, 0) is 67.1 Å². The van der Waals surface area contributed by atoms with Crippen molar-refractivity contribution in [2.45, 2.75) is 44.6 Å². The Kier molecular flexibility index (Phi) is 3.59. The van der Waals surface area contributed by atoms with Crippen LogP contribution < -0.4 is 10.1 Å². The number of carbonyl (C=O) groups excluding carboxylic acids is 1. The molecule has 3 nitrogen and oxygen atoms in total. The van der Waals surface area contributed by atoms with Crippen LogP contribution in [0.3, 0.4) is 0 Å². The zero-order chi connectivity index (χ0) is 15.1. The largest absolute Gasteiger partial charge is 0.497 e. The van der Waals surface area contributed by atoms with Gasteiger partial charge in [-0.3, -0.25) is 4.79 Å². The van der Waals surface area contributed by atoms with E-state index >= 15 is 0 Å². The Bertz CT molecular complexity index is 570. The predicted molar refractivity (Wildman–Crippen MR) is 85.7 cm³/mol. The summed E-state index contributed by atoms with van der Waals surface area (Å²) >= 11 is 0. The van der Waals surface area contributed by atoms with Gasteiger partial charge in [0.2, 0.25) is 5.91 Å². The van der Waals surface area contributed by atoms with Crippen molar-refractivity contribution in [3.05, 3.63) is 29.8 Å². The van der Waals surface area contributed by atoms with E-state index in [-0.39, 0.29) is 5.91 Å². The number of methoxy groups -OCH3 is 1. The predicted octanol–water partition coefficient (Wildman–Crippen LogP) is 3.18. The highest BCUT2D eigenvalue weighted by molar-refractivity contribution is 5.79. The minimum atomic E-state index is 0.167. The van der Waals surface area contributed by atoms with Gasteiger partial charge >= 0.3 is 0 Å². The molecule has 5 unspecified atom stereocenters. The highest BCUT2D eigenvalue weighted by Gasteiger charge is 2.53. The fourth-order valence-electron chi connectivity index (χ4n) is 5.46. The van der Waals surface area contributed by atoms with Crippen molar-refractivity contribution in [3.63, 3.8) is 0 Å². The van der Waals surface area contributed by atoms with E-state index < -0.39 is 0 Å². The van der Waals surface area contributed by atoms with E-state index in [9.17, 15) is 4.79 Å². The summed E-state index contributed by atoms with van der Waals surface area (Å²) in [6.45, 7) is 0. The molecule has 1 aromatic rings. The molecule has 1 N–H and O–H groups in total. The van der Waals surface area contributed by atoms with Gasteiger partial charge < -0.3 is 10.1 Å². The molecule has 5 atom stereocenters. The molecule has 1 aromatic carbocycles. The van der Waals surface area contributed by atoms with Crippen molar-refractivity contribution in [1.29, 1.82) is 0 Å². The molecule has 0 spiro atoms. The van der Waals surface area contributed by atoms with Crippen molar-refractivity contribution in [2.75, 3.05) is 7.11 Å². The van der Waals surface area contributed by atoms with E-state index in [0.29, 0.717) is 12.5 Å². The van der Waals surface area contributed by atoms with Crippen LogP contribution in [0.1, 0.15) is 37.7 Å². The van der Waals surface area contributed by atoms with E-state index in [2.05, 4.69) is 5.32 Å². The molecule has 3 heteroatoms. The van der Waals surface area contributed by atoms with Crippen LogP contribution in [0.5, 0.6) is 5.75 Å². The number of hydrogen-bond acceptors (Lipinski definition) is 2. The van der Waals surface area contributed by atoms with E-state index in [1.165, 1.54) is 32.1 Å². The lowest BCUT2D eigenvalue weighted by atomic mass is 9.79. The Balaban J connectivity index is 1.37. The smallest absolute Gasteiger partial charge is 0.224 e. The van der Waals surface area contributed by atoms with Crippen LogP contribution in [0.25, 0.3) is 0 Å². The van der Waals surface area contributed by atoms with Crippen LogP contribution in [0.4, 0.5) is 0 Å². The Morgan fingerprint density at radius 1 is 1.23 bits per heavy atom. The molecule has 3 aliphatic carbocycles. The molecule has 2 bridgehead atoms. The van der Waals surface area contributed by atoms with Crippen molar-refractivity contribution >= 4 is 5.91 Å². The van der Waals surface area contributed by atoms with Gasteiger partial charge in [0, 0.05) is 6.04 Å². The third-order valence-electron chi connectivity index (χ3n) is 6.27. The van der Waals surface area contributed by atoms with Gasteiger partial charge in [-0.25, -0.2) is 0 Å². The number of rotatable bonds is 4. The van der Waals surface area contributed by atoms with E-state index in [4.69, 9.17) is 4.74 Å². The summed E-state index contributed by atoms with van der Waals surface area (Å²) in [4.78, 5) is 12.4. The maximum atomic E-state index is 12.4. The summed E-state index contributed by atoms with van der Waals surface area (Å²) in [7, 11) is 1.66. The Morgan fingerprint density at radius 2 is 2.09 bits per heavy atom. The van der Waals surface area contributed by atoms with Crippen molar-refractivity contribution in [2.24, 2.45) is 23.7 Å².